The molecule has 0 aromatic heterocycles. The van der Waals surface area contributed by atoms with Crippen LogP contribution in [0.25, 0.3) is 0 Å². The van der Waals surface area contributed by atoms with Gasteiger partial charge in [-0.05, 0) is 18.9 Å². The number of hydrogen-bond donors (Lipinski definition) is 2. The summed E-state index contributed by atoms with van der Waals surface area (Å²) in [6, 6.07) is 9.82. The van der Waals surface area contributed by atoms with Crippen molar-refractivity contribution in [1.29, 1.82) is 0 Å². The van der Waals surface area contributed by atoms with Crippen molar-refractivity contribution in [2.24, 2.45) is 5.92 Å². The maximum absolute atomic E-state index is 10.5. The molecule has 2 aliphatic heterocycles. The molecule has 0 amide bonds. The van der Waals surface area contributed by atoms with Crippen molar-refractivity contribution in [3.63, 3.8) is 0 Å². The van der Waals surface area contributed by atoms with Crippen LogP contribution in [0.15, 0.2) is 30.3 Å². The van der Waals surface area contributed by atoms with Crippen LogP contribution in [0, 0.1) is 5.92 Å². The van der Waals surface area contributed by atoms with E-state index in [2.05, 4.69) is 4.90 Å². The molecule has 1 aromatic rings. The number of β-amino-alcohol motifs (C(OH)–C–C–N with tert-alkyl or cyclic N) is 1. The average molecular weight is 390 g/mol. The average Bonchev–Trinajstić information content (AvgIpc) is 3.25. The van der Waals surface area contributed by atoms with Gasteiger partial charge in [0.1, 0.15) is 12.2 Å². The van der Waals surface area contributed by atoms with Crippen molar-refractivity contribution in [2.45, 2.75) is 82.0 Å². The van der Waals surface area contributed by atoms with Crippen molar-refractivity contribution in [2.75, 3.05) is 19.7 Å². The van der Waals surface area contributed by atoms with Gasteiger partial charge < -0.3 is 19.7 Å². The first-order chi connectivity index (χ1) is 13.7. The molecule has 2 N–H and O–H groups in total. The summed E-state index contributed by atoms with van der Waals surface area (Å²) in [7, 11) is 0. The molecule has 1 aromatic carbocycles. The molecule has 2 heterocycles. The van der Waals surface area contributed by atoms with E-state index in [1.54, 1.807) is 0 Å². The van der Waals surface area contributed by atoms with Gasteiger partial charge in [0.15, 0.2) is 6.29 Å². The second-order valence-corrected chi connectivity index (χ2v) is 8.80. The van der Waals surface area contributed by atoms with Crippen LogP contribution in [0.5, 0.6) is 0 Å². The van der Waals surface area contributed by atoms with Gasteiger partial charge in [-0.3, -0.25) is 4.90 Å². The van der Waals surface area contributed by atoms with E-state index < -0.39 is 24.6 Å². The topological polar surface area (TPSA) is 62.2 Å². The number of likely N-dealkylation sites (tertiary alicyclic amines) is 1. The zero-order chi connectivity index (χ0) is 19.3. The molecule has 3 aliphatic rings. The zero-order valence-electron chi connectivity index (χ0n) is 16.8. The number of unbranched alkanes of at least 4 members (excludes halogenated alkanes) is 2. The number of aliphatic hydroxyl groups excluding tert-OH is 2. The maximum atomic E-state index is 10.5. The second kappa shape index (κ2) is 9.68. The van der Waals surface area contributed by atoms with Gasteiger partial charge in [0.05, 0.1) is 18.8 Å². The summed E-state index contributed by atoms with van der Waals surface area (Å²) >= 11 is 0. The summed E-state index contributed by atoms with van der Waals surface area (Å²) in [5.74, 6) is 0.964. The lowest BCUT2D eigenvalue weighted by molar-refractivity contribution is -0.287. The van der Waals surface area contributed by atoms with Gasteiger partial charge in [-0.15, -0.1) is 0 Å². The van der Waals surface area contributed by atoms with Gasteiger partial charge in [-0.1, -0.05) is 75.3 Å². The fraction of sp³-hybridized carbons (Fsp3) is 0.739. The lowest BCUT2D eigenvalue weighted by atomic mass is 9.92. The van der Waals surface area contributed by atoms with Crippen LogP contribution in [0.4, 0.5) is 0 Å². The molecule has 0 spiro atoms. The van der Waals surface area contributed by atoms with Gasteiger partial charge in [0, 0.05) is 12.1 Å². The summed E-state index contributed by atoms with van der Waals surface area (Å²) in [4.78, 5) is 2.26. The number of piperidine rings is 1. The number of rotatable bonds is 7. The quantitative estimate of drug-likeness (QED) is 0.701. The van der Waals surface area contributed by atoms with Crippen molar-refractivity contribution in [3.8, 4) is 0 Å². The van der Waals surface area contributed by atoms with E-state index in [1.807, 2.05) is 30.3 Å². The van der Waals surface area contributed by atoms with E-state index in [9.17, 15) is 10.2 Å². The molecule has 5 nitrogen and oxygen atoms in total. The summed E-state index contributed by atoms with van der Waals surface area (Å²) in [6.45, 7) is 1.95. The number of benzene rings is 1. The summed E-state index contributed by atoms with van der Waals surface area (Å²) in [5.41, 5.74) is 0.951. The molecule has 2 unspecified atom stereocenters. The maximum Gasteiger partial charge on any atom is 0.184 e. The Morgan fingerprint density at radius 1 is 1.00 bits per heavy atom. The first kappa shape index (κ1) is 20.3. The number of ether oxygens (including phenoxy) is 2. The van der Waals surface area contributed by atoms with Gasteiger partial charge >= 0.3 is 0 Å². The Balaban J connectivity index is 1.28. The Hall–Kier alpha value is -0.980. The van der Waals surface area contributed by atoms with E-state index in [0.717, 1.165) is 24.4 Å². The van der Waals surface area contributed by atoms with Crippen LogP contribution in [0.2, 0.25) is 0 Å². The molecule has 3 fully saturated rings. The highest BCUT2D eigenvalue weighted by Crippen LogP contribution is 2.34. The Morgan fingerprint density at radius 3 is 2.57 bits per heavy atom. The largest absolute Gasteiger partial charge is 0.389 e. The third-order valence-corrected chi connectivity index (χ3v) is 6.80. The minimum absolute atomic E-state index is 0.00759. The van der Waals surface area contributed by atoms with Crippen molar-refractivity contribution >= 4 is 0 Å². The summed E-state index contributed by atoms with van der Waals surface area (Å²) < 4.78 is 12.1. The molecule has 5 atom stereocenters. The molecule has 0 bridgehead atoms. The first-order valence-corrected chi connectivity index (χ1v) is 11.1. The standard InChI is InChI=1S/C23H35NO4/c25-20-15-24(14-8-2-3-9-17-10-6-7-11-17)19-16-27-23(28-22(19)21(20)26)18-12-4-1-5-13-18/h1,4-5,12-13,17,19-23,25-26H,2-3,6-11,14-16H2/t19?,20-,21+,22+,23?/m0/s1. The minimum atomic E-state index is -0.862. The van der Waals surface area contributed by atoms with E-state index in [1.165, 1.54) is 44.9 Å². The Kier molecular flexibility index (Phi) is 7.02. The van der Waals surface area contributed by atoms with Crippen LogP contribution >= 0.6 is 0 Å². The Labute approximate surface area is 168 Å². The molecule has 28 heavy (non-hydrogen) atoms. The highest BCUT2D eigenvalue weighted by atomic mass is 16.7. The zero-order valence-corrected chi connectivity index (χ0v) is 16.8. The van der Waals surface area contributed by atoms with Crippen LogP contribution in [0.3, 0.4) is 0 Å². The smallest absolute Gasteiger partial charge is 0.184 e. The molecule has 1 saturated carbocycles. The fourth-order valence-corrected chi connectivity index (χ4v) is 5.14. The molecular formula is C23H35NO4. The summed E-state index contributed by atoms with van der Waals surface area (Å²) in [6.07, 6.45) is 8.22. The molecule has 156 valence electrons. The van der Waals surface area contributed by atoms with Crippen molar-refractivity contribution in [3.05, 3.63) is 35.9 Å². The number of nitrogens with zero attached hydrogens (tertiary/aromatic N) is 1. The molecule has 1 aliphatic carbocycles. The highest BCUT2D eigenvalue weighted by molar-refractivity contribution is 5.17. The van der Waals surface area contributed by atoms with Gasteiger partial charge in [0.2, 0.25) is 0 Å². The number of aliphatic hydroxyl groups is 2. The molecular weight excluding hydrogens is 354 g/mol. The van der Waals surface area contributed by atoms with Gasteiger partial charge in [0.25, 0.3) is 0 Å². The first-order valence-electron chi connectivity index (χ1n) is 11.1. The third kappa shape index (κ3) is 4.77. The van der Waals surface area contributed by atoms with E-state index >= 15 is 0 Å². The second-order valence-electron chi connectivity index (χ2n) is 8.80. The molecule has 4 rings (SSSR count). The highest BCUT2D eigenvalue weighted by Gasteiger charge is 2.46. The summed E-state index contributed by atoms with van der Waals surface area (Å²) in [5, 5.41) is 20.9. The molecule has 2 saturated heterocycles. The van der Waals surface area contributed by atoms with E-state index in [-0.39, 0.29) is 6.04 Å². The lowest BCUT2D eigenvalue weighted by Crippen LogP contribution is -2.65. The SMILES string of the molecule is O[C@H]1[C@@H]2OC(c3ccccc3)OCC2N(CCCCCC2CCCC2)C[C@@H]1O. The molecule has 5 heteroatoms. The minimum Gasteiger partial charge on any atom is -0.389 e. The lowest BCUT2D eigenvalue weighted by Gasteiger charge is -2.49. The number of fused-ring (bicyclic) bond motifs is 1. The van der Waals surface area contributed by atoms with Crippen LogP contribution in [-0.4, -0.2) is 59.2 Å². The monoisotopic (exact) mass is 389 g/mol. The third-order valence-electron chi connectivity index (χ3n) is 6.80. The van der Waals surface area contributed by atoms with Gasteiger partial charge in [-0.2, -0.15) is 0 Å². The predicted molar refractivity (Wildman–Crippen MR) is 108 cm³/mol. The molecule has 0 radical (unpaired) electrons. The fourth-order valence-electron chi connectivity index (χ4n) is 5.14. The number of hydrogen-bond acceptors (Lipinski definition) is 5. The van der Waals surface area contributed by atoms with Crippen LogP contribution < -0.4 is 0 Å². The van der Waals surface area contributed by atoms with Crippen LogP contribution in [-0.2, 0) is 9.47 Å². The van der Waals surface area contributed by atoms with E-state index in [0.29, 0.717) is 13.2 Å². The van der Waals surface area contributed by atoms with Crippen molar-refractivity contribution in [1.82, 2.24) is 4.90 Å². The Morgan fingerprint density at radius 2 is 1.79 bits per heavy atom. The van der Waals surface area contributed by atoms with Gasteiger partial charge in [-0.25, -0.2) is 0 Å². The predicted octanol–water partition coefficient (Wildman–Crippen LogP) is 3.26. The van der Waals surface area contributed by atoms with E-state index in [4.69, 9.17) is 9.47 Å². The van der Waals surface area contributed by atoms with Crippen LogP contribution in [0.1, 0.15) is 63.2 Å². The normalized spacial score (nSPS) is 34.4. The Bertz CT molecular complexity index is 592. The van der Waals surface area contributed by atoms with Crippen molar-refractivity contribution < 1.29 is 19.7 Å².